The molecule has 1 aliphatic heterocycles. The molecule has 3 heterocycles. The minimum absolute atomic E-state index is 0.0548. The maximum Gasteiger partial charge on any atom is 0.223 e. The minimum Gasteiger partial charge on any atom is -0.356 e. The van der Waals surface area contributed by atoms with Crippen LogP contribution in [0.4, 0.5) is 10.2 Å². The van der Waals surface area contributed by atoms with Gasteiger partial charge in [-0.3, -0.25) is 9.78 Å². The van der Waals surface area contributed by atoms with Crippen molar-refractivity contribution in [3.8, 4) is 6.07 Å². The highest BCUT2D eigenvalue weighted by Gasteiger charge is 2.43. The van der Waals surface area contributed by atoms with Crippen LogP contribution < -0.4 is 10.2 Å². The van der Waals surface area contributed by atoms with Gasteiger partial charge in [0.05, 0.1) is 12.2 Å². The highest BCUT2D eigenvalue weighted by Crippen LogP contribution is 2.42. The SMILES string of the molecule is N#Cc1cc(N2CC3CC(C(=O)NC(CC=N)c4cncc(F)c4)CC3C2)ncn1. The molecule has 3 atom stereocenters. The number of amides is 1. The van der Waals surface area contributed by atoms with Crippen molar-refractivity contribution in [1.82, 2.24) is 20.3 Å². The number of hydrogen-bond donors (Lipinski definition) is 2. The van der Waals surface area contributed by atoms with Crippen molar-refractivity contribution in [2.75, 3.05) is 18.0 Å². The average Bonchev–Trinajstić information content (AvgIpc) is 3.33. The lowest BCUT2D eigenvalue weighted by molar-refractivity contribution is -0.125. The molecule has 2 fully saturated rings. The second-order valence-electron chi connectivity index (χ2n) is 7.90. The second kappa shape index (κ2) is 8.53. The molecule has 0 bridgehead atoms. The largest absolute Gasteiger partial charge is 0.356 e. The van der Waals surface area contributed by atoms with E-state index in [1.54, 1.807) is 6.07 Å². The van der Waals surface area contributed by atoms with E-state index in [-0.39, 0.29) is 11.8 Å². The van der Waals surface area contributed by atoms with Gasteiger partial charge in [0.25, 0.3) is 0 Å². The lowest BCUT2D eigenvalue weighted by Crippen LogP contribution is -2.34. The fourth-order valence-corrected chi connectivity index (χ4v) is 4.59. The maximum atomic E-state index is 13.5. The predicted molar refractivity (Wildman–Crippen MR) is 107 cm³/mol. The second-order valence-corrected chi connectivity index (χ2v) is 7.90. The van der Waals surface area contributed by atoms with Gasteiger partial charge < -0.3 is 15.6 Å². The Labute approximate surface area is 173 Å². The van der Waals surface area contributed by atoms with Crippen LogP contribution in [0.25, 0.3) is 0 Å². The van der Waals surface area contributed by atoms with Gasteiger partial charge in [0.2, 0.25) is 5.91 Å². The van der Waals surface area contributed by atoms with E-state index in [0.717, 1.165) is 37.9 Å². The number of aromatic nitrogens is 3. The highest BCUT2D eigenvalue weighted by molar-refractivity contribution is 5.80. The summed E-state index contributed by atoms with van der Waals surface area (Å²) in [5.41, 5.74) is 0.909. The number of pyridine rings is 1. The molecule has 2 aromatic rings. The van der Waals surface area contributed by atoms with Gasteiger partial charge in [0.1, 0.15) is 29.7 Å². The number of hydrogen-bond acceptors (Lipinski definition) is 7. The number of halogens is 1. The third-order valence-electron chi connectivity index (χ3n) is 6.01. The van der Waals surface area contributed by atoms with Crippen molar-refractivity contribution in [3.05, 3.63) is 47.9 Å². The van der Waals surface area contributed by atoms with Gasteiger partial charge in [-0.1, -0.05) is 0 Å². The number of nitrogens with zero attached hydrogens (tertiary/aromatic N) is 5. The minimum atomic E-state index is -0.462. The molecule has 1 saturated heterocycles. The van der Waals surface area contributed by atoms with E-state index in [4.69, 9.17) is 10.7 Å². The molecule has 2 N–H and O–H groups in total. The van der Waals surface area contributed by atoms with E-state index in [1.807, 2.05) is 6.07 Å². The van der Waals surface area contributed by atoms with Crippen molar-refractivity contribution in [1.29, 1.82) is 10.7 Å². The fraction of sp³-hybridized carbons (Fsp3) is 0.429. The van der Waals surface area contributed by atoms with Crippen molar-refractivity contribution < 1.29 is 9.18 Å². The average molecular weight is 407 g/mol. The van der Waals surface area contributed by atoms with Crippen LogP contribution in [0, 0.1) is 40.3 Å². The Bertz CT molecular complexity index is 977. The normalized spacial score (nSPS) is 23.5. The molecule has 3 unspecified atom stereocenters. The molecule has 1 aliphatic carbocycles. The molecule has 30 heavy (non-hydrogen) atoms. The van der Waals surface area contributed by atoms with Crippen LogP contribution in [-0.4, -0.2) is 40.2 Å². The molecule has 0 radical (unpaired) electrons. The predicted octanol–water partition coefficient (Wildman–Crippen LogP) is 2.24. The molecule has 0 aromatic carbocycles. The Balaban J connectivity index is 1.37. The molecule has 2 aromatic heterocycles. The lowest BCUT2D eigenvalue weighted by atomic mass is 10.0. The number of fused-ring (bicyclic) bond motifs is 1. The van der Waals surface area contributed by atoms with Crippen LogP contribution in [0.1, 0.15) is 36.6 Å². The molecule has 9 heteroatoms. The quantitative estimate of drug-likeness (QED) is 0.709. The standard InChI is InChI=1S/C21H22FN7O/c22-17-5-14(8-25-9-17)19(1-2-23)28-21(30)13-3-15-10-29(11-16(15)4-13)20-6-18(7-24)26-12-27-20/h2,5-6,8-9,12-13,15-16,19,23H,1,3-4,10-11H2,(H,28,30). The van der Waals surface area contributed by atoms with Crippen LogP contribution in [-0.2, 0) is 4.79 Å². The van der Waals surface area contributed by atoms with E-state index >= 15 is 0 Å². The maximum absolute atomic E-state index is 13.5. The van der Waals surface area contributed by atoms with Crippen LogP contribution >= 0.6 is 0 Å². The summed E-state index contributed by atoms with van der Waals surface area (Å²) in [7, 11) is 0. The van der Waals surface area contributed by atoms with Crippen LogP contribution in [0.2, 0.25) is 0 Å². The molecular formula is C21H22FN7O. The molecule has 1 amide bonds. The van der Waals surface area contributed by atoms with Crippen molar-refractivity contribution in [2.45, 2.75) is 25.3 Å². The molecule has 4 rings (SSSR count). The zero-order valence-electron chi connectivity index (χ0n) is 16.3. The number of carbonyl (C=O) groups excluding carboxylic acids is 1. The first-order valence-electron chi connectivity index (χ1n) is 9.94. The summed E-state index contributed by atoms with van der Waals surface area (Å²) in [4.78, 5) is 27.1. The Morgan fingerprint density at radius 1 is 1.33 bits per heavy atom. The van der Waals surface area contributed by atoms with Crippen molar-refractivity contribution >= 4 is 17.9 Å². The number of rotatable bonds is 6. The monoisotopic (exact) mass is 407 g/mol. The van der Waals surface area contributed by atoms with Gasteiger partial charge in [-0.05, 0) is 42.5 Å². The third kappa shape index (κ3) is 4.13. The van der Waals surface area contributed by atoms with E-state index < -0.39 is 11.9 Å². The van der Waals surface area contributed by atoms with Crippen LogP contribution in [0.5, 0.6) is 0 Å². The van der Waals surface area contributed by atoms with Gasteiger partial charge in [0.15, 0.2) is 0 Å². The number of nitrogens with one attached hydrogen (secondary N) is 2. The first-order valence-corrected chi connectivity index (χ1v) is 9.94. The topological polar surface area (TPSA) is 119 Å². The van der Waals surface area contributed by atoms with Gasteiger partial charge in [-0.2, -0.15) is 5.26 Å². The molecule has 0 spiro atoms. The van der Waals surface area contributed by atoms with E-state index in [0.29, 0.717) is 29.5 Å². The fourth-order valence-electron chi connectivity index (χ4n) is 4.59. The van der Waals surface area contributed by atoms with Crippen molar-refractivity contribution in [3.63, 3.8) is 0 Å². The van der Waals surface area contributed by atoms with Gasteiger partial charge in [0, 0.05) is 37.7 Å². The molecule has 2 aliphatic rings. The Hall–Kier alpha value is -3.41. The summed E-state index contributed by atoms with van der Waals surface area (Å²) >= 11 is 0. The molecule has 8 nitrogen and oxygen atoms in total. The van der Waals surface area contributed by atoms with Crippen LogP contribution in [0.15, 0.2) is 30.9 Å². The summed E-state index contributed by atoms with van der Waals surface area (Å²) in [5.74, 6) is 0.910. The summed E-state index contributed by atoms with van der Waals surface area (Å²) in [5, 5.41) is 19.4. The number of nitriles is 1. The third-order valence-corrected chi connectivity index (χ3v) is 6.01. The van der Waals surface area contributed by atoms with Crippen molar-refractivity contribution in [2.24, 2.45) is 17.8 Å². The Morgan fingerprint density at radius 2 is 2.10 bits per heavy atom. The zero-order chi connectivity index (χ0) is 21.1. The van der Waals surface area contributed by atoms with Gasteiger partial charge in [-0.15, -0.1) is 0 Å². The van der Waals surface area contributed by atoms with E-state index in [1.165, 1.54) is 24.8 Å². The summed E-state index contributed by atoms with van der Waals surface area (Å²) in [6.45, 7) is 1.60. The summed E-state index contributed by atoms with van der Waals surface area (Å²) in [6.07, 6.45) is 7.12. The van der Waals surface area contributed by atoms with Gasteiger partial charge >= 0.3 is 0 Å². The molecule has 154 valence electrons. The van der Waals surface area contributed by atoms with E-state index in [9.17, 15) is 9.18 Å². The zero-order valence-corrected chi connectivity index (χ0v) is 16.3. The summed E-state index contributed by atoms with van der Waals surface area (Å²) in [6, 6.07) is 4.62. The molecule has 1 saturated carbocycles. The Kier molecular flexibility index (Phi) is 5.65. The number of carbonyl (C=O) groups is 1. The van der Waals surface area contributed by atoms with E-state index in [2.05, 4.69) is 25.2 Å². The van der Waals surface area contributed by atoms with Crippen LogP contribution in [0.3, 0.4) is 0 Å². The first kappa shape index (κ1) is 19.9. The highest BCUT2D eigenvalue weighted by atomic mass is 19.1. The smallest absolute Gasteiger partial charge is 0.223 e. The summed E-state index contributed by atoms with van der Waals surface area (Å²) < 4.78 is 13.5. The first-order chi connectivity index (χ1) is 14.6. The number of anilines is 1. The van der Waals surface area contributed by atoms with Gasteiger partial charge in [-0.25, -0.2) is 14.4 Å². The Morgan fingerprint density at radius 3 is 2.77 bits per heavy atom. The lowest BCUT2D eigenvalue weighted by Gasteiger charge is -2.22. The molecular weight excluding hydrogens is 385 g/mol.